The Labute approximate surface area is 161 Å². The molecule has 5 nitrogen and oxygen atoms in total. The number of fused-ring (bicyclic) bond motifs is 3. The molecule has 0 bridgehead atoms. The summed E-state index contributed by atoms with van der Waals surface area (Å²) in [5, 5.41) is 3.50. The molecule has 1 atom stereocenters. The number of carbonyl (C=O) groups excluding carboxylic acids is 1. The minimum atomic E-state index is -0.448. The zero-order valence-electron chi connectivity index (χ0n) is 14.6. The zero-order valence-corrected chi connectivity index (χ0v) is 15.4. The molecule has 0 radical (unpaired) electrons. The van der Waals surface area contributed by atoms with Crippen molar-refractivity contribution in [2.24, 2.45) is 5.73 Å². The molecular weight excluding hydrogens is 360 g/mol. The summed E-state index contributed by atoms with van der Waals surface area (Å²) in [6, 6.07) is 18.8. The van der Waals surface area contributed by atoms with Crippen molar-refractivity contribution >= 4 is 34.1 Å². The predicted octanol–water partition coefficient (Wildman–Crippen LogP) is 3.85. The highest BCUT2D eigenvalue weighted by atomic mass is 35.5. The first-order chi connectivity index (χ1) is 13.1. The Balaban J connectivity index is 1.50. The second-order valence-corrected chi connectivity index (χ2v) is 6.83. The third-order valence-corrected chi connectivity index (χ3v) is 4.95. The number of nitrogens with one attached hydrogen (secondary N) is 1. The van der Waals surface area contributed by atoms with Crippen molar-refractivity contribution in [1.82, 2.24) is 14.7 Å². The summed E-state index contributed by atoms with van der Waals surface area (Å²) in [7, 11) is 0. The van der Waals surface area contributed by atoms with E-state index in [9.17, 15) is 4.79 Å². The molecule has 0 aliphatic rings. The molecular formula is C21H19ClN4O. The lowest BCUT2D eigenvalue weighted by atomic mass is 10.0. The van der Waals surface area contributed by atoms with Gasteiger partial charge in [-0.05, 0) is 35.9 Å². The average molecular weight is 379 g/mol. The molecule has 0 aliphatic carbocycles. The highest BCUT2D eigenvalue weighted by Crippen LogP contribution is 2.23. The summed E-state index contributed by atoms with van der Waals surface area (Å²) in [4.78, 5) is 17.1. The van der Waals surface area contributed by atoms with Crippen LogP contribution in [0.4, 0.5) is 0 Å². The molecule has 1 amide bonds. The van der Waals surface area contributed by atoms with Crippen molar-refractivity contribution in [3.05, 3.63) is 83.1 Å². The van der Waals surface area contributed by atoms with Gasteiger partial charge in [-0.25, -0.2) is 4.98 Å². The Hall–Kier alpha value is -2.89. The number of para-hydroxylation sites is 2. The fourth-order valence-electron chi connectivity index (χ4n) is 3.26. The quantitative estimate of drug-likeness (QED) is 0.554. The Kier molecular flexibility index (Phi) is 4.79. The minimum absolute atomic E-state index is 0.137. The number of aromatic nitrogens is 2. The number of amides is 1. The van der Waals surface area contributed by atoms with Gasteiger partial charge in [0.15, 0.2) is 0 Å². The van der Waals surface area contributed by atoms with Gasteiger partial charge in [0.1, 0.15) is 0 Å². The average Bonchev–Trinajstić information content (AvgIpc) is 3.16. The molecule has 0 saturated heterocycles. The van der Waals surface area contributed by atoms with E-state index in [2.05, 4.69) is 9.72 Å². The maximum absolute atomic E-state index is 12.4. The summed E-state index contributed by atoms with van der Waals surface area (Å²) >= 11 is 6.16. The lowest BCUT2D eigenvalue weighted by Crippen LogP contribution is -2.27. The van der Waals surface area contributed by atoms with E-state index < -0.39 is 6.04 Å². The first-order valence-electron chi connectivity index (χ1n) is 8.75. The number of hydrogen-bond donors (Lipinski definition) is 2. The van der Waals surface area contributed by atoms with Crippen LogP contribution in [0.5, 0.6) is 0 Å². The maximum Gasteiger partial charge on any atom is 0.222 e. The SMILES string of the molecule is NC(CC(=O)NCc1nc2ccccc2n2cccc12)c1ccccc1Cl. The number of hydrogen-bond acceptors (Lipinski definition) is 3. The van der Waals surface area contributed by atoms with Crippen molar-refractivity contribution in [1.29, 1.82) is 0 Å². The number of benzene rings is 2. The molecule has 0 spiro atoms. The van der Waals surface area contributed by atoms with Gasteiger partial charge in [-0.15, -0.1) is 0 Å². The van der Waals surface area contributed by atoms with Gasteiger partial charge in [0.25, 0.3) is 0 Å². The van der Waals surface area contributed by atoms with Crippen molar-refractivity contribution in [3.63, 3.8) is 0 Å². The summed E-state index contributed by atoms with van der Waals surface area (Å²) in [6.45, 7) is 0.340. The summed E-state index contributed by atoms with van der Waals surface area (Å²) in [6.07, 6.45) is 2.16. The summed E-state index contributed by atoms with van der Waals surface area (Å²) in [5.41, 5.74) is 10.6. The largest absolute Gasteiger partial charge is 0.350 e. The molecule has 136 valence electrons. The van der Waals surface area contributed by atoms with Crippen LogP contribution < -0.4 is 11.1 Å². The van der Waals surface area contributed by atoms with Crippen molar-refractivity contribution in [2.75, 3.05) is 0 Å². The Morgan fingerprint density at radius 2 is 1.81 bits per heavy atom. The number of carbonyl (C=O) groups is 1. The molecule has 2 aromatic carbocycles. The molecule has 2 heterocycles. The van der Waals surface area contributed by atoms with Gasteiger partial charge in [0, 0.05) is 23.7 Å². The highest BCUT2D eigenvalue weighted by Gasteiger charge is 2.15. The van der Waals surface area contributed by atoms with Gasteiger partial charge in [-0.3, -0.25) is 4.79 Å². The summed E-state index contributed by atoms with van der Waals surface area (Å²) < 4.78 is 2.08. The molecule has 0 saturated carbocycles. The Bertz CT molecular complexity index is 1120. The van der Waals surface area contributed by atoms with Crippen LogP contribution in [0.3, 0.4) is 0 Å². The molecule has 2 aromatic heterocycles. The first-order valence-corrected chi connectivity index (χ1v) is 9.12. The molecule has 1 unspecified atom stereocenters. The highest BCUT2D eigenvalue weighted by molar-refractivity contribution is 6.31. The van der Waals surface area contributed by atoms with Gasteiger partial charge in [0.05, 0.1) is 28.8 Å². The second kappa shape index (κ2) is 7.39. The van der Waals surface area contributed by atoms with Crippen LogP contribution >= 0.6 is 11.6 Å². The van der Waals surface area contributed by atoms with Crippen LogP contribution in [-0.4, -0.2) is 15.3 Å². The third-order valence-electron chi connectivity index (χ3n) is 4.60. The van der Waals surface area contributed by atoms with E-state index in [1.54, 1.807) is 6.07 Å². The summed E-state index contributed by atoms with van der Waals surface area (Å²) in [5.74, 6) is -0.137. The Morgan fingerprint density at radius 1 is 1.07 bits per heavy atom. The number of rotatable bonds is 5. The van der Waals surface area contributed by atoms with Crippen LogP contribution in [-0.2, 0) is 11.3 Å². The number of nitrogens with zero attached hydrogens (tertiary/aromatic N) is 2. The van der Waals surface area contributed by atoms with E-state index >= 15 is 0 Å². The molecule has 4 aromatic rings. The number of halogens is 1. The molecule has 6 heteroatoms. The van der Waals surface area contributed by atoms with Gasteiger partial charge in [0.2, 0.25) is 5.91 Å². The van der Waals surface area contributed by atoms with E-state index in [0.29, 0.717) is 11.6 Å². The van der Waals surface area contributed by atoms with Crippen molar-refractivity contribution in [3.8, 4) is 0 Å². The molecule has 27 heavy (non-hydrogen) atoms. The molecule has 0 aliphatic heterocycles. The van der Waals surface area contributed by atoms with Crippen LogP contribution in [0.2, 0.25) is 5.02 Å². The fraction of sp³-hybridized carbons (Fsp3) is 0.143. The standard InChI is InChI=1S/C21H19ClN4O/c22-15-7-2-1-6-14(15)16(23)12-21(27)24-13-18-20-10-5-11-26(20)19-9-4-3-8-17(19)25-18/h1-11,16H,12-13,23H2,(H,24,27). The van der Waals surface area contributed by atoms with Gasteiger partial charge in [-0.2, -0.15) is 0 Å². The smallest absolute Gasteiger partial charge is 0.222 e. The van der Waals surface area contributed by atoms with E-state index in [1.807, 2.05) is 60.8 Å². The van der Waals surface area contributed by atoms with Crippen LogP contribution in [0, 0.1) is 0 Å². The third kappa shape index (κ3) is 3.52. The van der Waals surface area contributed by atoms with Crippen LogP contribution in [0.1, 0.15) is 23.7 Å². The number of nitrogens with two attached hydrogens (primary N) is 1. The Morgan fingerprint density at radius 3 is 2.67 bits per heavy atom. The molecule has 3 N–H and O–H groups in total. The van der Waals surface area contributed by atoms with E-state index in [4.69, 9.17) is 22.3 Å². The predicted molar refractivity (Wildman–Crippen MR) is 108 cm³/mol. The normalized spacial score (nSPS) is 12.4. The fourth-order valence-corrected chi connectivity index (χ4v) is 3.54. The topological polar surface area (TPSA) is 72.4 Å². The minimum Gasteiger partial charge on any atom is -0.350 e. The van der Waals surface area contributed by atoms with Crippen LogP contribution in [0.25, 0.3) is 16.6 Å². The van der Waals surface area contributed by atoms with Crippen LogP contribution in [0.15, 0.2) is 66.9 Å². The molecule has 4 rings (SSSR count). The first kappa shape index (κ1) is 17.5. The van der Waals surface area contributed by atoms with Gasteiger partial charge < -0.3 is 15.5 Å². The molecule has 0 fully saturated rings. The monoisotopic (exact) mass is 378 g/mol. The van der Waals surface area contributed by atoms with E-state index in [0.717, 1.165) is 27.8 Å². The van der Waals surface area contributed by atoms with Gasteiger partial charge >= 0.3 is 0 Å². The second-order valence-electron chi connectivity index (χ2n) is 6.42. The lowest BCUT2D eigenvalue weighted by Gasteiger charge is -2.14. The maximum atomic E-state index is 12.4. The van der Waals surface area contributed by atoms with Gasteiger partial charge in [-0.1, -0.05) is 41.9 Å². The van der Waals surface area contributed by atoms with Crippen molar-refractivity contribution in [2.45, 2.75) is 19.0 Å². The lowest BCUT2D eigenvalue weighted by molar-refractivity contribution is -0.121. The van der Waals surface area contributed by atoms with Crippen molar-refractivity contribution < 1.29 is 4.79 Å². The zero-order chi connectivity index (χ0) is 18.8. The van der Waals surface area contributed by atoms with E-state index in [1.165, 1.54) is 0 Å². The van der Waals surface area contributed by atoms with E-state index in [-0.39, 0.29) is 12.3 Å².